The summed E-state index contributed by atoms with van der Waals surface area (Å²) in [6.07, 6.45) is 1.37. The summed E-state index contributed by atoms with van der Waals surface area (Å²) in [4.78, 5) is 27.7. The lowest BCUT2D eigenvalue weighted by Gasteiger charge is -2.32. The monoisotopic (exact) mass is 484 g/mol. The molecular formula is C19H28N6O5S2. The highest BCUT2D eigenvalue weighted by molar-refractivity contribution is 7.86. The quantitative estimate of drug-likeness (QED) is 0.568. The third-order valence-corrected chi connectivity index (χ3v) is 8.54. The molecule has 32 heavy (non-hydrogen) atoms. The van der Waals surface area contributed by atoms with Crippen molar-refractivity contribution >= 4 is 27.5 Å². The first kappa shape index (κ1) is 23.1. The Morgan fingerprint density at radius 2 is 2.03 bits per heavy atom. The van der Waals surface area contributed by atoms with Crippen molar-refractivity contribution in [2.24, 2.45) is 0 Å². The van der Waals surface area contributed by atoms with Crippen LogP contribution in [0.2, 0.25) is 0 Å². The van der Waals surface area contributed by atoms with Gasteiger partial charge in [-0.25, -0.2) is 14.0 Å². The molecule has 4 heterocycles. The van der Waals surface area contributed by atoms with E-state index in [1.165, 1.54) is 43.3 Å². The molecule has 1 unspecified atom stereocenters. The minimum absolute atomic E-state index is 0.156. The largest absolute Gasteiger partial charge is 0.378 e. The van der Waals surface area contributed by atoms with Gasteiger partial charge < -0.3 is 9.64 Å². The maximum Gasteiger partial charge on any atom is 0.351 e. The van der Waals surface area contributed by atoms with Gasteiger partial charge in [0.25, 0.3) is 10.2 Å². The SMILES string of the molecule is CN(C)S(=O)(=O)N1CCCC(c2nn(CC(=O)N3CCOCC3)c(=O)n2-c2cccs2)C1. The highest BCUT2D eigenvalue weighted by Gasteiger charge is 2.34. The molecular weight excluding hydrogens is 456 g/mol. The molecule has 0 radical (unpaired) electrons. The zero-order valence-corrected chi connectivity index (χ0v) is 19.8. The molecule has 2 aromatic heterocycles. The van der Waals surface area contributed by atoms with Crippen molar-refractivity contribution in [2.45, 2.75) is 25.3 Å². The van der Waals surface area contributed by atoms with Gasteiger partial charge in [-0.3, -0.25) is 4.79 Å². The Hall–Kier alpha value is -2.06. The van der Waals surface area contributed by atoms with E-state index in [4.69, 9.17) is 4.74 Å². The Morgan fingerprint density at radius 1 is 1.28 bits per heavy atom. The van der Waals surface area contributed by atoms with Crippen molar-refractivity contribution in [3.63, 3.8) is 0 Å². The van der Waals surface area contributed by atoms with Crippen LogP contribution in [0.3, 0.4) is 0 Å². The minimum Gasteiger partial charge on any atom is -0.378 e. The molecule has 1 amide bonds. The number of carbonyl (C=O) groups is 1. The third-order valence-electron chi connectivity index (χ3n) is 5.78. The van der Waals surface area contributed by atoms with E-state index in [2.05, 4.69) is 5.10 Å². The molecule has 0 aliphatic carbocycles. The minimum atomic E-state index is -3.57. The van der Waals surface area contributed by atoms with Crippen molar-refractivity contribution in [1.29, 1.82) is 0 Å². The maximum atomic E-state index is 13.3. The van der Waals surface area contributed by atoms with Gasteiger partial charge in [0.15, 0.2) is 0 Å². The lowest BCUT2D eigenvalue weighted by atomic mass is 9.99. The Bertz CT molecular complexity index is 1100. The number of rotatable bonds is 6. The molecule has 2 fully saturated rings. The molecule has 0 spiro atoms. The summed E-state index contributed by atoms with van der Waals surface area (Å²) in [6.45, 7) is 2.45. The van der Waals surface area contributed by atoms with Crippen LogP contribution >= 0.6 is 11.3 Å². The molecule has 2 saturated heterocycles. The molecule has 2 aliphatic rings. The number of hydrogen-bond acceptors (Lipinski definition) is 7. The highest BCUT2D eigenvalue weighted by atomic mass is 32.2. The van der Waals surface area contributed by atoms with Gasteiger partial charge in [0, 0.05) is 46.2 Å². The average Bonchev–Trinajstić information content (AvgIpc) is 3.42. The fraction of sp³-hybridized carbons (Fsp3) is 0.632. The Balaban J connectivity index is 1.66. The van der Waals surface area contributed by atoms with Crippen molar-refractivity contribution < 1.29 is 17.9 Å². The average molecular weight is 485 g/mol. The van der Waals surface area contributed by atoms with Gasteiger partial charge in [0.1, 0.15) is 17.4 Å². The summed E-state index contributed by atoms with van der Waals surface area (Å²) in [6, 6.07) is 3.67. The fourth-order valence-corrected chi connectivity index (χ4v) is 5.95. The van der Waals surface area contributed by atoms with Crippen LogP contribution in [0, 0.1) is 0 Å². The molecule has 11 nitrogen and oxygen atoms in total. The molecule has 0 bridgehead atoms. The van der Waals surface area contributed by atoms with Gasteiger partial charge in [-0.05, 0) is 30.4 Å². The molecule has 0 aromatic carbocycles. The third kappa shape index (κ3) is 4.53. The number of morpholine rings is 1. The lowest BCUT2D eigenvalue weighted by molar-refractivity contribution is -0.136. The molecule has 2 aromatic rings. The van der Waals surface area contributed by atoms with E-state index < -0.39 is 15.9 Å². The molecule has 2 aliphatic heterocycles. The Labute approximate surface area is 191 Å². The summed E-state index contributed by atoms with van der Waals surface area (Å²) in [5.74, 6) is 0.0529. The van der Waals surface area contributed by atoms with Crippen LogP contribution in [0.4, 0.5) is 0 Å². The summed E-state index contributed by atoms with van der Waals surface area (Å²) in [5, 5.41) is 7.11. The van der Waals surface area contributed by atoms with E-state index in [1.807, 2.05) is 17.5 Å². The van der Waals surface area contributed by atoms with Crippen molar-refractivity contribution in [2.75, 3.05) is 53.5 Å². The zero-order chi connectivity index (χ0) is 22.9. The summed E-state index contributed by atoms with van der Waals surface area (Å²) in [7, 11) is -0.557. The number of hydrogen-bond donors (Lipinski definition) is 0. The number of ether oxygens (including phenoxy) is 1. The van der Waals surface area contributed by atoms with Crippen LogP contribution in [0.25, 0.3) is 5.00 Å². The smallest absolute Gasteiger partial charge is 0.351 e. The topological polar surface area (TPSA) is 110 Å². The van der Waals surface area contributed by atoms with Gasteiger partial charge in [-0.15, -0.1) is 11.3 Å². The summed E-state index contributed by atoms with van der Waals surface area (Å²) in [5.41, 5.74) is -0.392. The first-order valence-electron chi connectivity index (χ1n) is 10.6. The number of carbonyl (C=O) groups excluding carboxylic acids is 1. The highest BCUT2D eigenvalue weighted by Crippen LogP contribution is 2.29. The van der Waals surface area contributed by atoms with Crippen LogP contribution in [0.15, 0.2) is 22.3 Å². The standard InChI is InChI=1S/C19H28N6O5S2/c1-21(2)32(28,29)23-7-3-5-15(13-23)18-20-24(14-16(26)22-8-10-30-11-9-22)19(27)25(18)17-6-4-12-31-17/h4,6,12,15H,3,5,7-11,13-14H2,1-2H3. The van der Waals surface area contributed by atoms with Crippen LogP contribution in [-0.2, 0) is 26.3 Å². The normalized spacial score (nSPS) is 20.7. The van der Waals surface area contributed by atoms with E-state index in [0.717, 1.165) is 0 Å². The van der Waals surface area contributed by atoms with Crippen molar-refractivity contribution in [1.82, 2.24) is 27.9 Å². The van der Waals surface area contributed by atoms with Gasteiger partial charge in [0.05, 0.1) is 13.2 Å². The zero-order valence-electron chi connectivity index (χ0n) is 18.2. The number of nitrogens with zero attached hydrogens (tertiary/aromatic N) is 6. The molecule has 0 N–H and O–H groups in total. The lowest BCUT2D eigenvalue weighted by Crippen LogP contribution is -2.45. The van der Waals surface area contributed by atoms with E-state index in [1.54, 1.807) is 4.90 Å². The van der Waals surface area contributed by atoms with Gasteiger partial charge in [0.2, 0.25) is 5.91 Å². The second-order valence-corrected chi connectivity index (χ2v) is 11.1. The maximum absolute atomic E-state index is 13.3. The van der Waals surface area contributed by atoms with Crippen LogP contribution in [-0.4, -0.2) is 95.7 Å². The number of amides is 1. The van der Waals surface area contributed by atoms with Crippen LogP contribution < -0.4 is 5.69 Å². The summed E-state index contributed by atoms with van der Waals surface area (Å²) >= 11 is 1.40. The predicted molar refractivity (Wildman–Crippen MR) is 119 cm³/mol. The van der Waals surface area contributed by atoms with Gasteiger partial charge in [-0.1, -0.05) is 0 Å². The predicted octanol–water partition coefficient (Wildman–Crippen LogP) is -0.0599. The second kappa shape index (κ2) is 9.43. The molecule has 4 rings (SSSR count). The van der Waals surface area contributed by atoms with E-state index >= 15 is 0 Å². The van der Waals surface area contributed by atoms with E-state index in [0.29, 0.717) is 56.5 Å². The molecule has 0 saturated carbocycles. The van der Waals surface area contributed by atoms with Gasteiger partial charge >= 0.3 is 5.69 Å². The number of piperidine rings is 1. The van der Waals surface area contributed by atoms with Crippen LogP contribution in [0.1, 0.15) is 24.6 Å². The summed E-state index contributed by atoms with van der Waals surface area (Å²) < 4.78 is 36.0. The molecule has 1 atom stereocenters. The van der Waals surface area contributed by atoms with Crippen molar-refractivity contribution in [3.05, 3.63) is 33.8 Å². The Morgan fingerprint density at radius 3 is 2.69 bits per heavy atom. The van der Waals surface area contributed by atoms with Gasteiger partial charge in [-0.2, -0.15) is 22.1 Å². The number of aromatic nitrogens is 3. The molecule has 13 heteroatoms. The molecule has 176 valence electrons. The second-order valence-electron chi connectivity index (χ2n) is 8.07. The van der Waals surface area contributed by atoms with Crippen LogP contribution in [0.5, 0.6) is 0 Å². The fourth-order valence-electron chi connectivity index (χ4n) is 4.03. The first-order chi connectivity index (χ1) is 15.3. The van der Waals surface area contributed by atoms with E-state index in [-0.39, 0.29) is 24.9 Å². The van der Waals surface area contributed by atoms with Crippen molar-refractivity contribution in [3.8, 4) is 5.00 Å². The Kier molecular flexibility index (Phi) is 6.81. The number of thiophene rings is 1. The first-order valence-corrected chi connectivity index (χ1v) is 12.8. The van der Waals surface area contributed by atoms with E-state index in [9.17, 15) is 18.0 Å².